The molecule has 1 N–H and O–H groups in total. The van der Waals surface area contributed by atoms with Crippen molar-refractivity contribution in [3.8, 4) is 12.3 Å². The van der Waals surface area contributed by atoms with Gasteiger partial charge in [-0.15, -0.1) is 12.3 Å². The van der Waals surface area contributed by atoms with Crippen molar-refractivity contribution in [2.45, 2.75) is 64.1 Å². The van der Waals surface area contributed by atoms with E-state index in [1.54, 1.807) is 0 Å². The fourth-order valence-electron chi connectivity index (χ4n) is 2.60. The average Bonchev–Trinajstić information content (AvgIpc) is 3.04. The number of hydrogen-bond donors (Lipinski definition) is 1. The van der Waals surface area contributed by atoms with Crippen molar-refractivity contribution in [2.75, 3.05) is 0 Å². The fraction of sp³-hybridized carbons (Fsp3) is 0.667. The molecule has 3 heteroatoms. The van der Waals surface area contributed by atoms with Crippen LogP contribution in [-0.2, 0) is 6.54 Å². The Bertz CT molecular complexity index is 396. The molecule has 1 aromatic heterocycles. The van der Waals surface area contributed by atoms with E-state index in [4.69, 9.17) is 6.42 Å². The molecular weight excluding hydrogens is 222 g/mol. The molecule has 1 heterocycles. The summed E-state index contributed by atoms with van der Waals surface area (Å²) in [6.07, 6.45) is 14.6. The van der Waals surface area contributed by atoms with Crippen molar-refractivity contribution in [2.24, 2.45) is 0 Å². The minimum absolute atomic E-state index is 0.409. The Labute approximate surface area is 110 Å². The van der Waals surface area contributed by atoms with Gasteiger partial charge in [-0.25, -0.2) is 0 Å². The van der Waals surface area contributed by atoms with Crippen LogP contribution in [0.3, 0.4) is 0 Å². The van der Waals surface area contributed by atoms with Gasteiger partial charge in [-0.3, -0.25) is 4.68 Å². The molecule has 0 aromatic carbocycles. The van der Waals surface area contributed by atoms with Crippen LogP contribution in [0.4, 0.5) is 0 Å². The highest BCUT2D eigenvalue weighted by Crippen LogP contribution is 2.28. The molecule has 0 saturated heterocycles. The molecule has 1 atom stereocenters. The Morgan fingerprint density at radius 1 is 1.56 bits per heavy atom. The van der Waals surface area contributed by atoms with Crippen LogP contribution in [0.25, 0.3) is 0 Å². The Kier molecular flexibility index (Phi) is 4.83. The molecule has 18 heavy (non-hydrogen) atoms. The molecule has 1 saturated carbocycles. The van der Waals surface area contributed by atoms with Crippen LogP contribution in [0, 0.1) is 12.3 Å². The van der Waals surface area contributed by atoms with Gasteiger partial charge in [0.1, 0.15) is 0 Å². The van der Waals surface area contributed by atoms with Gasteiger partial charge in [-0.1, -0.05) is 19.8 Å². The highest BCUT2D eigenvalue weighted by molar-refractivity contribution is 5.01. The van der Waals surface area contributed by atoms with E-state index < -0.39 is 0 Å². The summed E-state index contributed by atoms with van der Waals surface area (Å²) in [6.45, 7) is 2.98. The zero-order valence-corrected chi connectivity index (χ0v) is 11.2. The summed E-state index contributed by atoms with van der Waals surface area (Å²) >= 11 is 0. The van der Waals surface area contributed by atoms with Crippen LogP contribution in [0.15, 0.2) is 12.3 Å². The second kappa shape index (κ2) is 6.61. The second-order valence-electron chi connectivity index (χ2n) is 5.12. The lowest BCUT2D eigenvalue weighted by atomic mass is 10.1. The summed E-state index contributed by atoms with van der Waals surface area (Å²) in [5.41, 5.74) is 1.12. The molecule has 0 bridgehead atoms. The lowest BCUT2D eigenvalue weighted by molar-refractivity contribution is 0.453. The van der Waals surface area contributed by atoms with Crippen molar-refractivity contribution in [1.29, 1.82) is 0 Å². The van der Waals surface area contributed by atoms with Crippen molar-refractivity contribution in [3.05, 3.63) is 18.0 Å². The summed E-state index contributed by atoms with van der Waals surface area (Å²) in [7, 11) is 0. The monoisotopic (exact) mass is 245 g/mol. The lowest BCUT2D eigenvalue weighted by Gasteiger charge is -2.13. The van der Waals surface area contributed by atoms with Gasteiger partial charge < -0.3 is 5.32 Å². The first-order valence-corrected chi connectivity index (χ1v) is 7.04. The first-order chi connectivity index (χ1) is 8.83. The molecule has 1 aromatic rings. The molecule has 1 aliphatic carbocycles. The molecule has 1 fully saturated rings. The average molecular weight is 245 g/mol. The maximum atomic E-state index is 5.35. The van der Waals surface area contributed by atoms with E-state index in [0.29, 0.717) is 12.1 Å². The summed E-state index contributed by atoms with van der Waals surface area (Å²) in [5.74, 6) is 2.72. The van der Waals surface area contributed by atoms with E-state index in [1.165, 1.54) is 25.7 Å². The normalized spacial score (nSPS) is 17.8. The van der Waals surface area contributed by atoms with Crippen LogP contribution in [0.1, 0.15) is 57.2 Å². The quantitative estimate of drug-likeness (QED) is 0.781. The molecule has 0 radical (unpaired) electrons. The number of terminal acetylenes is 1. The molecular formula is C15H23N3. The van der Waals surface area contributed by atoms with Crippen LogP contribution >= 0.6 is 0 Å². The molecule has 1 aliphatic rings. The summed E-state index contributed by atoms with van der Waals surface area (Å²) in [5, 5.41) is 8.13. The predicted molar refractivity (Wildman–Crippen MR) is 74.1 cm³/mol. The number of rotatable bonds is 6. The van der Waals surface area contributed by atoms with E-state index in [2.05, 4.69) is 40.2 Å². The SMILES string of the molecule is C#CCC(CC)NCc1ccn(C2CCCC2)n1. The van der Waals surface area contributed by atoms with Crippen molar-refractivity contribution in [1.82, 2.24) is 15.1 Å². The Morgan fingerprint density at radius 3 is 3.00 bits per heavy atom. The van der Waals surface area contributed by atoms with Crippen molar-refractivity contribution < 1.29 is 0 Å². The van der Waals surface area contributed by atoms with Gasteiger partial charge in [0.05, 0.1) is 11.7 Å². The number of aromatic nitrogens is 2. The summed E-state index contributed by atoms with van der Waals surface area (Å²) in [4.78, 5) is 0. The van der Waals surface area contributed by atoms with Crippen LogP contribution in [-0.4, -0.2) is 15.8 Å². The Hall–Kier alpha value is -1.27. The summed E-state index contributed by atoms with van der Waals surface area (Å²) in [6, 6.07) is 3.16. The highest BCUT2D eigenvalue weighted by atomic mass is 15.3. The van der Waals surface area contributed by atoms with Gasteiger partial charge in [0.2, 0.25) is 0 Å². The van der Waals surface area contributed by atoms with E-state index in [1.807, 2.05) is 0 Å². The largest absolute Gasteiger partial charge is 0.307 e. The van der Waals surface area contributed by atoms with Gasteiger partial charge in [0, 0.05) is 25.2 Å². The molecule has 2 rings (SSSR count). The van der Waals surface area contributed by atoms with Gasteiger partial charge >= 0.3 is 0 Å². The predicted octanol–water partition coefficient (Wildman–Crippen LogP) is 2.89. The summed E-state index contributed by atoms with van der Waals surface area (Å²) < 4.78 is 2.14. The van der Waals surface area contributed by atoms with Gasteiger partial charge in [0.25, 0.3) is 0 Å². The van der Waals surface area contributed by atoms with E-state index in [9.17, 15) is 0 Å². The van der Waals surface area contributed by atoms with Gasteiger partial charge in [-0.05, 0) is 25.3 Å². The van der Waals surface area contributed by atoms with E-state index >= 15 is 0 Å². The van der Waals surface area contributed by atoms with E-state index in [0.717, 1.165) is 25.1 Å². The third-order valence-electron chi connectivity index (χ3n) is 3.79. The molecule has 98 valence electrons. The van der Waals surface area contributed by atoms with Crippen LogP contribution in [0.2, 0.25) is 0 Å². The molecule has 0 aliphatic heterocycles. The highest BCUT2D eigenvalue weighted by Gasteiger charge is 2.17. The van der Waals surface area contributed by atoms with Gasteiger partial charge in [-0.2, -0.15) is 5.10 Å². The third kappa shape index (κ3) is 3.36. The van der Waals surface area contributed by atoms with Crippen molar-refractivity contribution >= 4 is 0 Å². The molecule has 0 spiro atoms. The minimum Gasteiger partial charge on any atom is -0.307 e. The van der Waals surface area contributed by atoms with Gasteiger partial charge in [0.15, 0.2) is 0 Å². The lowest BCUT2D eigenvalue weighted by Crippen LogP contribution is -2.27. The first kappa shape index (κ1) is 13.2. The fourth-order valence-corrected chi connectivity index (χ4v) is 2.60. The minimum atomic E-state index is 0.409. The van der Waals surface area contributed by atoms with Crippen LogP contribution < -0.4 is 5.32 Å². The Balaban J connectivity index is 1.84. The first-order valence-electron chi connectivity index (χ1n) is 7.04. The Morgan fingerprint density at radius 2 is 2.33 bits per heavy atom. The maximum absolute atomic E-state index is 5.35. The molecule has 1 unspecified atom stereocenters. The molecule has 0 amide bonds. The van der Waals surface area contributed by atoms with Crippen LogP contribution in [0.5, 0.6) is 0 Å². The van der Waals surface area contributed by atoms with E-state index in [-0.39, 0.29) is 0 Å². The zero-order valence-electron chi connectivity index (χ0n) is 11.2. The standard InChI is InChI=1S/C15H23N3/c1-3-7-13(4-2)16-12-14-10-11-18(17-14)15-8-5-6-9-15/h1,10-11,13,15-16H,4-9,12H2,2H3. The smallest absolute Gasteiger partial charge is 0.0762 e. The van der Waals surface area contributed by atoms with Crippen molar-refractivity contribution in [3.63, 3.8) is 0 Å². The number of nitrogens with zero attached hydrogens (tertiary/aromatic N) is 2. The zero-order chi connectivity index (χ0) is 12.8. The molecule has 3 nitrogen and oxygen atoms in total. The second-order valence-corrected chi connectivity index (χ2v) is 5.12. The maximum Gasteiger partial charge on any atom is 0.0762 e. The topological polar surface area (TPSA) is 29.9 Å². The number of nitrogens with one attached hydrogen (secondary N) is 1. The number of hydrogen-bond acceptors (Lipinski definition) is 2. The third-order valence-corrected chi connectivity index (χ3v) is 3.79.